The molecule has 0 spiro atoms. The molecule has 180 valence electrons. The Morgan fingerprint density at radius 2 is 1.08 bits per heavy atom. The molecule has 3 aromatic heterocycles. The fourth-order valence-electron chi connectivity index (χ4n) is 4.87. The van der Waals surface area contributed by atoms with E-state index in [2.05, 4.69) is 125 Å². The van der Waals surface area contributed by atoms with Crippen molar-refractivity contribution in [3.05, 3.63) is 140 Å². The second-order valence-corrected chi connectivity index (χ2v) is 10.2. The Morgan fingerprint density at radius 3 is 1.79 bits per heavy atom. The van der Waals surface area contributed by atoms with Crippen LogP contribution in [0, 0.1) is 0 Å². The van der Waals surface area contributed by atoms with Crippen LogP contribution in [0.1, 0.15) is 0 Å². The van der Waals surface area contributed by atoms with E-state index < -0.39 is 0 Å². The van der Waals surface area contributed by atoms with Crippen LogP contribution in [-0.4, -0.2) is 9.97 Å². The number of rotatable bonds is 5. The SMILES string of the molecule is c1ccc(N(c2ccccc2)c2ccc(-c3ccc(-c4ccc5ccc6cccnc6c5n4)s3)cc2)cc1. The van der Waals surface area contributed by atoms with E-state index in [9.17, 15) is 0 Å². The van der Waals surface area contributed by atoms with Crippen molar-refractivity contribution in [1.82, 2.24) is 9.97 Å². The smallest absolute Gasteiger partial charge is 0.0972 e. The molecule has 3 heterocycles. The number of para-hydroxylation sites is 2. The summed E-state index contributed by atoms with van der Waals surface area (Å²) < 4.78 is 0. The van der Waals surface area contributed by atoms with Gasteiger partial charge in [-0.3, -0.25) is 4.98 Å². The molecule has 0 N–H and O–H groups in total. The zero-order valence-corrected chi connectivity index (χ0v) is 21.3. The van der Waals surface area contributed by atoms with Crippen LogP contribution in [0.3, 0.4) is 0 Å². The number of hydrogen-bond donors (Lipinski definition) is 0. The largest absolute Gasteiger partial charge is 0.311 e. The summed E-state index contributed by atoms with van der Waals surface area (Å²) in [6.45, 7) is 0. The van der Waals surface area contributed by atoms with Crippen molar-refractivity contribution in [3.63, 3.8) is 0 Å². The molecule has 0 atom stereocenters. The van der Waals surface area contributed by atoms with Gasteiger partial charge in [0.05, 0.1) is 21.6 Å². The van der Waals surface area contributed by atoms with Gasteiger partial charge in [0.25, 0.3) is 0 Å². The highest BCUT2D eigenvalue weighted by Gasteiger charge is 2.13. The number of aromatic nitrogens is 2. The van der Waals surface area contributed by atoms with E-state index in [-0.39, 0.29) is 0 Å². The lowest BCUT2D eigenvalue weighted by Crippen LogP contribution is -2.09. The molecule has 7 rings (SSSR count). The van der Waals surface area contributed by atoms with Crippen LogP contribution in [0.4, 0.5) is 17.1 Å². The molecule has 0 saturated carbocycles. The van der Waals surface area contributed by atoms with Crippen LogP contribution >= 0.6 is 11.3 Å². The normalized spacial score (nSPS) is 11.2. The predicted octanol–water partition coefficient (Wildman–Crippen LogP) is 9.65. The first-order valence-corrected chi connectivity index (χ1v) is 13.4. The second kappa shape index (κ2) is 9.58. The zero-order valence-electron chi connectivity index (χ0n) is 20.5. The van der Waals surface area contributed by atoms with E-state index in [1.54, 1.807) is 11.3 Å². The maximum absolute atomic E-state index is 5.03. The fourth-order valence-corrected chi connectivity index (χ4v) is 5.85. The number of nitrogens with zero attached hydrogens (tertiary/aromatic N) is 3. The summed E-state index contributed by atoms with van der Waals surface area (Å²) >= 11 is 1.76. The first-order valence-electron chi connectivity index (χ1n) is 12.6. The van der Waals surface area contributed by atoms with Gasteiger partial charge in [-0.25, -0.2) is 4.98 Å². The number of anilines is 3. The molecule has 0 aliphatic carbocycles. The standard InChI is InChI=1S/C34H23N3S/c1-3-9-27(10-4-1)37(28-11-5-2-6-12-28)29-18-15-24(16-19-29)31-21-22-32(38-31)30-20-17-26-14-13-25-8-7-23-35-33(25)34(26)36-30/h1-23H. The highest BCUT2D eigenvalue weighted by Crippen LogP contribution is 2.38. The molecule has 0 fully saturated rings. The maximum Gasteiger partial charge on any atom is 0.0972 e. The summed E-state index contributed by atoms with van der Waals surface area (Å²) in [5.74, 6) is 0. The Morgan fingerprint density at radius 1 is 0.474 bits per heavy atom. The molecule has 4 heteroatoms. The highest BCUT2D eigenvalue weighted by atomic mass is 32.1. The van der Waals surface area contributed by atoms with Crippen molar-refractivity contribution in [2.45, 2.75) is 0 Å². The summed E-state index contributed by atoms with van der Waals surface area (Å²) in [5.41, 5.74) is 7.45. The van der Waals surface area contributed by atoms with E-state index in [4.69, 9.17) is 4.98 Å². The number of benzene rings is 4. The molecule has 0 unspecified atom stereocenters. The van der Waals surface area contributed by atoms with Gasteiger partial charge in [-0.2, -0.15) is 0 Å². The van der Waals surface area contributed by atoms with Crippen LogP contribution in [0.2, 0.25) is 0 Å². The maximum atomic E-state index is 5.03. The molecule has 4 aromatic carbocycles. The third kappa shape index (κ3) is 4.11. The number of pyridine rings is 2. The summed E-state index contributed by atoms with van der Waals surface area (Å²) in [4.78, 5) is 14.3. The van der Waals surface area contributed by atoms with Gasteiger partial charge in [0.1, 0.15) is 0 Å². The van der Waals surface area contributed by atoms with Gasteiger partial charge >= 0.3 is 0 Å². The molecule has 38 heavy (non-hydrogen) atoms. The van der Waals surface area contributed by atoms with Crippen LogP contribution in [0.5, 0.6) is 0 Å². The third-order valence-electron chi connectivity index (χ3n) is 6.73. The monoisotopic (exact) mass is 505 g/mol. The van der Waals surface area contributed by atoms with Gasteiger partial charge in [-0.15, -0.1) is 11.3 Å². The van der Waals surface area contributed by atoms with Crippen LogP contribution in [-0.2, 0) is 0 Å². The minimum atomic E-state index is 0.945. The first kappa shape index (κ1) is 22.4. The third-order valence-corrected chi connectivity index (χ3v) is 7.89. The Hall–Kier alpha value is -4.80. The topological polar surface area (TPSA) is 29.0 Å². The lowest BCUT2D eigenvalue weighted by atomic mass is 10.1. The lowest BCUT2D eigenvalue weighted by molar-refractivity contribution is 1.28. The van der Waals surface area contributed by atoms with E-state index in [1.165, 1.54) is 10.4 Å². The van der Waals surface area contributed by atoms with E-state index in [0.717, 1.165) is 49.4 Å². The van der Waals surface area contributed by atoms with E-state index >= 15 is 0 Å². The van der Waals surface area contributed by atoms with Crippen molar-refractivity contribution >= 4 is 50.2 Å². The minimum absolute atomic E-state index is 0.945. The average molecular weight is 506 g/mol. The van der Waals surface area contributed by atoms with Crippen LogP contribution in [0.25, 0.3) is 42.8 Å². The molecule has 7 aromatic rings. The molecule has 0 aliphatic rings. The van der Waals surface area contributed by atoms with Gasteiger partial charge in [0, 0.05) is 38.9 Å². The summed E-state index contributed by atoms with van der Waals surface area (Å²) in [6, 6.07) is 46.6. The first-order chi connectivity index (χ1) is 18.8. The molecule has 0 aliphatic heterocycles. The van der Waals surface area contributed by atoms with E-state index in [1.807, 2.05) is 24.4 Å². The predicted molar refractivity (Wildman–Crippen MR) is 160 cm³/mol. The Balaban J connectivity index is 1.22. The average Bonchev–Trinajstić information content (AvgIpc) is 3.49. The van der Waals surface area contributed by atoms with Crippen LogP contribution in [0.15, 0.2) is 140 Å². The molecular formula is C34H23N3S. The summed E-state index contributed by atoms with van der Waals surface area (Å²) in [7, 11) is 0. The molecule has 3 nitrogen and oxygen atoms in total. The van der Waals surface area contributed by atoms with Crippen molar-refractivity contribution < 1.29 is 0 Å². The molecular weight excluding hydrogens is 482 g/mol. The highest BCUT2D eigenvalue weighted by molar-refractivity contribution is 7.18. The quantitative estimate of drug-likeness (QED) is 0.218. The van der Waals surface area contributed by atoms with Gasteiger partial charge < -0.3 is 4.90 Å². The summed E-state index contributed by atoms with van der Waals surface area (Å²) in [5, 5.41) is 2.21. The lowest BCUT2D eigenvalue weighted by Gasteiger charge is -2.25. The van der Waals surface area contributed by atoms with Crippen LogP contribution < -0.4 is 4.90 Å². The molecule has 0 radical (unpaired) electrons. The van der Waals surface area contributed by atoms with Crippen molar-refractivity contribution in [2.75, 3.05) is 4.90 Å². The number of hydrogen-bond acceptors (Lipinski definition) is 4. The van der Waals surface area contributed by atoms with E-state index in [0.29, 0.717) is 0 Å². The number of fused-ring (bicyclic) bond motifs is 3. The van der Waals surface area contributed by atoms with Crippen molar-refractivity contribution in [1.29, 1.82) is 0 Å². The number of thiophene rings is 1. The van der Waals surface area contributed by atoms with Gasteiger partial charge in [0.15, 0.2) is 0 Å². The Bertz CT molecular complexity index is 1820. The Labute approximate surface area is 225 Å². The molecule has 0 bridgehead atoms. The van der Waals surface area contributed by atoms with Gasteiger partial charge in [0.2, 0.25) is 0 Å². The Kier molecular flexibility index (Phi) is 5.65. The molecule has 0 saturated heterocycles. The second-order valence-electron chi connectivity index (χ2n) is 9.13. The minimum Gasteiger partial charge on any atom is -0.311 e. The van der Waals surface area contributed by atoms with Crippen molar-refractivity contribution in [3.8, 4) is 21.0 Å². The van der Waals surface area contributed by atoms with Gasteiger partial charge in [-0.05, 0) is 66.2 Å². The zero-order chi connectivity index (χ0) is 25.3. The van der Waals surface area contributed by atoms with Gasteiger partial charge in [-0.1, -0.05) is 72.8 Å². The fraction of sp³-hybridized carbons (Fsp3) is 0. The van der Waals surface area contributed by atoms with Crippen molar-refractivity contribution in [2.24, 2.45) is 0 Å². The summed E-state index contributed by atoms with van der Waals surface area (Å²) in [6.07, 6.45) is 1.83. The molecule has 0 amide bonds.